The van der Waals surface area contributed by atoms with Crippen molar-refractivity contribution >= 4 is 21.7 Å². The summed E-state index contributed by atoms with van der Waals surface area (Å²) < 4.78 is 14.2. The summed E-state index contributed by atoms with van der Waals surface area (Å²) in [4.78, 5) is 12.3. The highest BCUT2D eigenvalue weighted by Crippen LogP contribution is 2.20. The Kier molecular flexibility index (Phi) is 3.62. The van der Waals surface area contributed by atoms with Crippen LogP contribution in [0, 0.1) is 19.7 Å². The first-order chi connectivity index (χ1) is 8.47. The van der Waals surface area contributed by atoms with Crippen molar-refractivity contribution in [2.45, 2.75) is 13.8 Å². The fourth-order valence-corrected chi connectivity index (χ4v) is 2.38. The van der Waals surface area contributed by atoms with E-state index >= 15 is 0 Å². The molecule has 0 heterocycles. The number of aryl methyl sites for hydroxylation is 2. The number of benzene rings is 2. The largest absolute Gasteiger partial charge is 0.289 e. The first kappa shape index (κ1) is 13.0. The third-order valence-electron chi connectivity index (χ3n) is 2.74. The van der Waals surface area contributed by atoms with E-state index in [1.807, 2.05) is 19.1 Å². The van der Waals surface area contributed by atoms with Crippen molar-refractivity contribution in [1.29, 1.82) is 0 Å². The molecule has 2 aromatic carbocycles. The van der Waals surface area contributed by atoms with E-state index in [0.717, 1.165) is 15.6 Å². The molecule has 0 aliphatic carbocycles. The van der Waals surface area contributed by atoms with Crippen molar-refractivity contribution in [3.05, 3.63) is 68.9 Å². The maximum absolute atomic E-state index is 13.3. The van der Waals surface area contributed by atoms with E-state index in [9.17, 15) is 9.18 Å². The van der Waals surface area contributed by atoms with Gasteiger partial charge in [-0.3, -0.25) is 4.79 Å². The number of ketones is 1. The van der Waals surface area contributed by atoms with Gasteiger partial charge in [-0.25, -0.2) is 4.39 Å². The predicted molar refractivity (Wildman–Crippen MR) is 73.4 cm³/mol. The Morgan fingerprint density at radius 1 is 1.11 bits per heavy atom. The van der Waals surface area contributed by atoms with Crippen LogP contribution in [0.5, 0.6) is 0 Å². The van der Waals surface area contributed by atoms with Crippen molar-refractivity contribution in [3.8, 4) is 0 Å². The second-order valence-corrected chi connectivity index (χ2v) is 5.22. The van der Waals surface area contributed by atoms with Crippen molar-refractivity contribution in [2.24, 2.45) is 0 Å². The van der Waals surface area contributed by atoms with Gasteiger partial charge in [0.2, 0.25) is 0 Å². The normalized spacial score (nSPS) is 10.4. The average Bonchev–Trinajstić information content (AvgIpc) is 2.26. The molecule has 18 heavy (non-hydrogen) atoms. The number of rotatable bonds is 2. The van der Waals surface area contributed by atoms with Gasteiger partial charge in [-0.1, -0.05) is 15.9 Å². The molecule has 92 valence electrons. The van der Waals surface area contributed by atoms with Gasteiger partial charge in [-0.2, -0.15) is 0 Å². The molecule has 0 saturated carbocycles. The molecule has 2 aromatic rings. The third kappa shape index (κ3) is 2.67. The van der Waals surface area contributed by atoms with Crippen LogP contribution in [0.4, 0.5) is 4.39 Å². The highest BCUT2D eigenvalue weighted by atomic mass is 79.9. The smallest absolute Gasteiger partial charge is 0.193 e. The van der Waals surface area contributed by atoms with E-state index in [0.29, 0.717) is 11.1 Å². The summed E-state index contributed by atoms with van der Waals surface area (Å²) >= 11 is 3.35. The molecule has 3 heteroatoms. The minimum atomic E-state index is -0.381. The Bertz CT molecular complexity index is 600. The molecule has 2 rings (SSSR count). The molecule has 0 aromatic heterocycles. The van der Waals surface area contributed by atoms with E-state index in [2.05, 4.69) is 15.9 Å². The Hall–Kier alpha value is -1.48. The third-order valence-corrected chi connectivity index (χ3v) is 3.23. The summed E-state index contributed by atoms with van der Waals surface area (Å²) in [7, 11) is 0. The van der Waals surface area contributed by atoms with Crippen LogP contribution >= 0.6 is 15.9 Å². The summed E-state index contributed by atoms with van der Waals surface area (Å²) in [6.45, 7) is 3.64. The Labute approximate surface area is 114 Å². The first-order valence-electron chi connectivity index (χ1n) is 5.55. The van der Waals surface area contributed by atoms with Gasteiger partial charge in [0, 0.05) is 15.6 Å². The van der Waals surface area contributed by atoms with E-state index < -0.39 is 0 Å². The van der Waals surface area contributed by atoms with Gasteiger partial charge >= 0.3 is 0 Å². The van der Waals surface area contributed by atoms with Gasteiger partial charge in [0.15, 0.2) is 5.78 Å². The predicted octanol–water partition coefficient (Wildman–Crippen LogP) is 4.44. The summed E-state index contributed by atoms with van der Waals surface area (Å²) in [5.74, 6) is -0.532. The fourth-order valence-electron chi connectivity index (χ4n) is 1.90. The van der Waals surface area contributed by atoms with Crippen molar-refractivity contribution in [2.75, 3.05) is 0 Å². The van der Waals surface area contributed by atoms with Crippen LogP contribution in [0.25, 0.3) is 0 Å². The Morgan fingerprint density at radius 2 is 1.83 bits per heavy atom. The van der Waals surface area contributed by atoms with Crippen LogP contribution < -0.4 is 0 Å². The van der Waals surface area contributed by atoms with Crippen molar-refractivity contribution in [1.82, 2.24) is 0 Å². The molecular formula is C15H12BrFO. The minimum absolute atomic E-state index is 0.150. The molecule has 0 aliphatic heterocycles. The van der Waals surface area contributed by atoms with E-state index in [-0.39, 0.29) is 11.6 Å². The minimum Gasteiger partial charge on any atom is -0.289 e. The Balaban J connectivity index is 2.47. The van der Waals surface area contributed by atoms with Crippen molar-refractivity contribution < 1.29 is 9.18 Å². The number of hydrogen-bond donors (Lipinski definition) is 0. The van der Waals surface area contributed by atoms with Crippen LogP contribution in [-0.4, -0.2) is 5.78 Å². The maximum atomic E-state index is 13.3. The van der Waals surface area contributed by atoms with Gasteiger partial charge in [0.25, 0.3) is 0 Å². The molecule has 0 N–H and O–H groups in total. The molecule has 0 aliphatic rings. The molecule has 0 bridgehead atoms. The number of carbonyl (C=O) groups excluding carboxylic acids is 1. The highest BCUT2D eigenvalue weighted by Gasteiger charge is 2.13. The molecule has 0 saturated heterocycles. The van der Waals surface area contributed by atoms with E-state index in [1.54, 1.807) is 19.1 Å². The molecule has 0 unspecified atom stereocenters. The number of carbonyl (C=O) groups is 1. The monoisotopic (exact) mass is 306 g/mol. The summed E-state index contributed by atoms with van der Waals surface area (Å²) in [5, 5.41) is 0. The number of halogens is 2. The zero-order chi connectivity index (χ0) is 13.3. The first-order valence-corrected chi connectivity index (χ1v) is 6.35. The molecular weight excluding hydrogens is 295 g/mol. The van der Waals surface area contributed by atoms with Gasteiger partial charge in [-0.15, -0.1) is 0 Å². The van der Waals surface area contributed by atoms with Crippen LogP contribution in [0.1, 0.15) is 27.0 Å². The lowest BCUT2D eigenvalue weighted by Crippen LogP contribution is -2.04. The van der Waals surface area contributed by atoms with Gasteiger partial charge in [-0.05, 0) is 61.4 Å². The summed E-state index contributed by atoms with van der Waals surface area (Å²) in [6.07, 6.45) is 0. The van der Waals surface area contributed by atoms with Gasteiger partial charge in [0.1, 0.15) is 5.82 Å². The fraction of sp³-hybridized carbons (Fsp3) is 0.133. The van der Waals surface area contributed by atoms with Crippen LogP contribution in [0.3, 0.4) is 0 Å². The lowest BCUT2D eigenvalue weighted by Gasteiger charge is -2.06. The SMILES string of the molecule is Cc1cc(F)cc(C(=O)c2ccc(Br)cc2C)c1. The summed E-state index contributed by atoms with van der Waals surface area (Å²) in [6, 6.07) is 9.82. The average molecular weight is 307 g/mol. The number of hydrogen-bond acceptors (Lipinski definition) is 1. The van der Waals surface area contributed by atoms with Crippen LogP contribution in [0.15, 0.2) is 40.9 Å². The lowest BCUT2D eigenvalue weighted by atomic mass is 9.98. The molecule has 0 fully saturated rings. The van der Waals surface area contributed by atoms with Crippen LogP contribution in [0.2, 0.25) is 0 Å². The second kappa shape index (κ2) is 5.02. The van der Waals surface area contributed by atoms with E-state index in [4.69, 9.17) is 0 Å². The maximum Gasteiger partial charge on any atom is 0.193 e. The molecule has 0 radical (unpaired) electrons. The molecule has 1 nitrogen and oxygen atoms in total. The van der Waals surface area contributed by atoms with Crippen molar-refractivity contribution in [3.63, 3.8) is 0 Å². The zero-order valence-corrected chi connectivity index (χ0v) is 11.7. The zero-order valence-electron chi connectivity index (χ0n) is 10.1. The molecule has 0 spiro atoms. The lowest BCUT2D eigenvalue weighted by molar-refractivity contribution is 0.103. The highest BCUT2D eigenvalue weighted by molar-refractivity contribution is 9.10. The summed E-state index contributed by atoms with van der Waals surface area (Å²) in [5.41, 5.74) is 2.60. The second-order valence-electron chi connectivity index (χ2n) is 4.31. The van der Waals surface area contributed by atoms with E-state index in [1.165, 1.54) is 12.1 Å². The van der Waals surface area contributed by atoms with Crippen LogP contribution in [-0.2, 0) is 0 Å². The topological polar surface area (TPSA) is 17.1 Å². The molecule has 0 atom stereocenters. The standard InChI is InChI=1S/C15H12BrFO/c1-9-5-11(8-13(17)6-9)15(18)14-4-3-12(16)7-10(14)2/h3-8H,1-2H3. The quantitative estimate of drug-likeness (QED) is 0.750. The molecule has 0 amide bonds. The van der Waals surface area contributed by atoms with Gasteiger partial charge < -0.3 is 0 Å². The van der Waals surface area contributed by atoms with Gasteiger partial charge in [0.05, 0.1) is 0 Å². The Morgan fingerprint density at radius 3 is 2.44 bits per heavy atom.